The zero-order chi connectivity index (χ0) is 62.3. The number of phenols is 1. The highest BCUT2D eigenvalue weighted by Gasteiger charge is 2.39. The monoisotopic (exact) mass is 1190 g/mol. The van der Waals surface area contributed by atoms with Crippen LogP contribution < -0.4 is 48.7 Å². The minimum atomic E-state index is -1.72. The fraction of sp³-hybridized carbons (Fsp3) is 0.371. The first-order chi connectivity index (χ1) is 41.8. The molecule has 8 rings (SSSR count). The zero-order valence-corrected chi connectivity index (χ0v) is 48.6. The largest absolute Gasteiger partial charge is 0.508 e. The average Bonchev–Trinajstić information content (AvgIpc) is 2.88. The van der Waals surface area contributed by atoms with Crippen molar-refractivity contribution in [2.75, 3.05) is 26.2 Å². The lowest BCUT2D eigenvalue weighted by molar-refractivity contribution is -0.142. The Bertz CT molecular complexity index is 3630. The predicted molar refractivity (Wildman–Crippen MR) is 325 cm³/mol. The molecule has 1 fully saturated rings. The lowest BCUT2D eigenvalue weighted by Crippen LogP contribution is -2.61. The maximum absolute atomic E-state index is 15.0. The van der Waals surface area contributed by atoms with Crippen molar-refractivity contribution in [3.05, 3.63) is 138 Å². The fourth-order valence-electron chi connectivity index (χ4n) is 10.8. The molecule has 0 spiro atoms. The first kappa shape index (κ1) is 63.2. The Balaban J connectivity index is 1.05. The Kier molecular flexibility index (Phi) is 21.3. The molecule has 1 aliphatic rings. The number of halogens is 1. The molecule has 0 saturated carbocycles. The SMILES string of the molecule is CCNC(=O)[C@H]1CCCN1C(=O)[C@H](CCCN=C(N)N)NC(=O)[C@H](CC(C)C)NC(=O)[C@@H](Cc1c[nH]c2ccccc12)NC(=O)[C@H](Cc1ccc(O)cc1)NC(=O)[C@H](CO)NC(=O)[C@H](Cc1c[nH]c2ccccc12)NC(=O)c1cc2cc(F)ccc2[nH]1. The zero-order valence-electron chi connectivity index (χ0n) is 48.6. The number of hydrogen-bond acceptors (Lipinski definition) is 11. The summed E-state index contributed by atoms with van der Waals surface area (Å²) in [7, 11) is 0. The van der Waals surface area contributed by atoms with E-state index in [0.29, 0.717) is 47.0 Å². The summed E-state index contributed by atoms with van der Waals surface area (Å²) in [5.74, 6) is -6.84. The van der Waals surface area contributed by atoms with Gasteiger partial charge in [-0.2, -0.15) is 0 Å². The molecule has 7 atom stereocenters. The molecule has 8 amide bonds. The number of aromatic amines is 3. The normalized spacial score (nSPS) is 15.2. The van der Waals surface area contributed by atoms with E-state index in [1.807, 2.05) is 50.2 Å². The summed E-state index contributed by atoms with van der Waals surface area (Å²) < 4.78 is 14.1. The summed E-state index contributed by atoms with van der Waals surface area (Å²) in [5.41, 5.74) is 14.8. The lowest BCUT2D eigenvalue weighted by atomic mass is 9.99. The van der Waals surface area contributed by atoms with Crippen molar-refractivity contribution in [1.29, 1.82) is 0 Å². The van der Waals surface area contributed by atoms with Crippen LogP contribution in [0.5, 0.6) is 5.75 Å². The molecule has 0 aliphatic carbocycles. The van der Waals surface area contributed by atoms with Gasteiger partial charge in [0.05, 0.1) is 6.61 Å². The quantitative estimate of drug-likeness (QED) is 0.0191. The number of aromatic hydroxyl groups is 1. The van der Waals surface area contributed by atoms with Crippen LogP contribution in [0.4, 0.5) is 4.39 Å². The number of hydrogen-bond donors (Lipinski definition) is 14. The van der Waals surface area contributed by atoms with E-state index in [0.717, 1.165) is 21.8 Å². The number of phenolic OH excluding ortho intramolecular Hbond substituents is 1. The number of likely N-dealkylation sites (N-methyl/N-ethyl adjacent to an activating group) is 1. The van der Waals surface area contributed by atoms with Gasteiger partial charge in [-0.25, -0.2) is 4.39 Å². The number of benzene rings is 4. The van der Waals surface area contributed by atoms with E-state index in [-0.39, 0.29) is 80.8 Å². The van der Waals surface area contributed by atoms with Crippen molar-refractivity contribution in [1.82, 2.24) is 57.1 Å². The van der Waals surface area contributed by atoms with Crippen molar-refractivity contribution in [3.8, 4) is 5.75 Å². The number of nitrogens with one attached hydrogen (secondary N) is 10. The van der Waals surface area contributed by atoms with Crippen LogP contribution in [0.3, 0.4) is 0 Å². The summed E-state index contributed by atoms with van der Waals surface area (Å²) in [6, 6.07) is 16.4. The van der Waals surface area contributed by atoms with Gasteiger partial charge in [-0.15, -0.1) is 0 Å². The smallest absolute Gasteiger partial charge is 0.268 e. The Morgan fingerprint density at radius 2 is 1.23 bits per heavy atom. The minimum Gasteiger partial charge on any atom is -0.508 e. The number of para-hydroxylation sites is 2. The summed E-state index contributed by atoms with van der Waals surface area (Å²) in [6.45, 7) is 5.23. The molecule has 4 heterocycles. The van der Waals surface area contributed by atoms with Gasteiger partial charge in [0.1, 0.15) is 59.6 Å². The molecule has 460 valence electrons. The molecule has 0 bridgehead atoms. The number of fused-ring (bicyclic) bond motifs is 3. The molecule has 3 aromatic heterocycles. The van der Waals surface area contributed by atoms with Gasteiger partial charge in [0.15, 0.2) is 5.96 Å². The highest BCUT2D eigenvalue weighted by Crippen LogP contribution is 2.24. The van der Waals surface area contributed by atoms with Crippen molar-refractivity contribution < 1.29 is 53.0 Å². The lowest BCUT2D eigenvalue weighted by Gasteiger charge is -2.30. The molecule has 4 aromatic carbocycles. The molecule has 16 N–H and O–H groups in total. The summed E-state index contributed by atoms with van der Waals surface area (Å²) in [4.78, 5) is 130. The van der Waals surface area contributed by atoms with E-state index in [1.165, 1.54) is 53.4 Å². The Labute approximate surface area is 500 Å². The molecule has 1 saturated heterocycles. The Morgan fingerprint density at radius 3 is 1.83 bits per heavy atom. The number of carbonyl (C=O) groups excluding carboxylic acids is 8. The molecular weight excluding hydrogens is 1120 g/mol. The molecule has 25 heteroatoms. The number of aromatic nitrogens is 3. The predicted octanol–water partition coefficient (Wildman–Crippen LogP) is 2.44. The van der Waals surface area contributed by atoms with Gasteiger partial charge in [-0.1, -0.05) is 62.4 Å². The van der Waals surface area contributed by atoms with Crippen molar-refractivity contribution >= 4 is 85.9 Å². The van der Waals surface area contributed by atoms with Crippen LogP contribution in [0.25, 0.3) is 32.7 Å². The van der Waals surface area contributed by atoms with Gasteiger partial charge >= 0.3 is 0 Å². The van der Waals surface area contributed by atoms with Gasteiger partial charge in [0.2, 0.25) is 41.4 Å². The Morgan fingerprint density at radius 1 is 0.678 bits per heavy atom. The van der Waals surface area contributed by atoms with Gasteiger partial charge in [0, 0.05) is 84.0 Å². The molecule has 24 nitrogen and oxygen atoms in total. The number of carbonyl (C=O) groups is 8. The number of aliphatic imine (C=N–C) groups is 1. The second kappa shape index (κ2) is 29.3. The van der Waals surface area contributed by atoms with Crippen LogP contribution in [0.1, 0.15) is 80.1 Å². The first-order valence-electron chi connectivity index (χ1n) is 29.0. The van der Waals surface area contributed by atoms with E-state index < -0.39 is 96.1 Å². The average molecular weight is 1200 g/mol. The van der Waals surface area contributed by atoms with E-state index in [9.17, 15) is 53.0 Å². The topological polar surface area (TPSA) is 376 Å². The van der Waals surface area contributed by atoms with Crippen LogP contribution in [0.15, 0.2) is 114 Å². The molecule has 0 radical (unpaired) electrons. The van der Waals surface area contributed by atoms with Gasteiger partial charge in [-0.05, 0) is 110 Å². The second-order valence-electron chi connectivity index (χ2n) is 22.1. The van der Waals surface area contributed by atoms with Crippen molar-refractivity contribution in [2.24, 2.45) is 22.4 Å². The second-order valence-corrected chi connectivity index (χ2v) is 22.1. The number of H-pyrrole nitrogens is 3. The van der Waals surface area contributed by atoms with Gasteiger partial charge < -0.3 is 78.7 Å². The fourth-order valence-corrected chi connectivity index (χ4v) is 10.8. The van der Waals surface area contributed by atoms with Gasteiger partial charge in [-0.3, -0.25) is 43.3 Å². The number of aliphatic hydroxyl groups excluding tert-OH is 1. The third kappa shape index (κ3) is 16.6. The number of nitrogens with zero attached hydrogens (tertiary/aromatic N) is 2. The van der Waals surface area contributed by atoms with E-state index >= 15 is 0 Å². The third-order valence-corrected chi connectivity index (χ3v) is 15.2. The van der Waals surface area contributed by atoms with E-state index in [1.54, 1.807) is 31.5 Å². The highest BCUT2D eigenvalue weighted by molar-refractivity contribution is 6.02. The van der Waals surface area contributed by atoms with Crippen LogP contribution in [0.2, 0.25) is 0 Å². The standard InChI is InChI=1S/C62H75FN14O10/c1-4-66-60(86)53-16-10-24-77(53)61(87)46(15-9-23-67-62(64)65)71-54(80)47(25-34(2)3)72-57(83)50(29-37-31-68-44-13-7-5-11-41(37)44)74-55(81)48(26-35-17-20-40(79)21-18-35)73-59(85)52(33-78)76-58(84)51(30-38-32-69-45-14-8-6-12-42(38)45)75-56(82)49-28-36-27-39(63)19-22-43(36)70-49/h5-8,11-14,17-22,27-28,31-32,34,46-48,50-53,68-70,78-79H,4,9-10,15-16,23-26,29-30,33H2,1-3H3,(H,66,86)(H,71,80)(H,72,83)(H,73,85)(H,74,81)(H,75,82)(H,76,84)(H4,64,65,67)/t46-,47-,48-,50+,51-,52-,53+/m0/s1. The number of amides is 8. The maximum Gasteiger partial charge on any atom is 0.268 e. The van der Waals surface area contributed by atoms with Crippen LogP contribution in [-0.4, -0.2) is 152 Å². The molecule has 0 unspecified atom stereocenters. The number of guanidine groups is 1. The molecule has 87 heavy (non-hydrogen) atoms. The Hall–Kier alpha value is -9.78. The highest BCUT2D eigenvalue weighted by atomic mass is 19.1. The number of aliphatic hydroxyl groups is 1. The van der Waals surface area contributed by atoms with E-state index in [4.69, 9.17) is 11.5 Å². The summed E-state index contributed by atoms with van der Waals surface area (Å²) in [5, 5.41) is 42.0. The molecule has 7 aromatic rings. The molecule has 1 aliphatic heterocycles. The number of nitrogens with two attached hydrogens (primary N) is 2. The number of likely N-dealkylation sites (tertiary alicyclic amines) is 1. The van der Waals surface area contributed by atoms with Crippen LogP contribution in [0, 0.1) is 11.7 Å². The van der Waals surface area contributed by atoms with Gasteiger partial charge in [0.25, 0.3) is 5.91 Å². The van der Waals surface area contributed by atoms with Crippen LogP contribution in [-0.2, 0) is 52.8 Å². The first-order valence-corrected chi connectivity index (χ1v) is 29.0. The van der Waals surface area contributed by atoms with Crippen molar-refractivity contribution in [2.45, 2.75) is 114 Å². The molecular formula is C62H75FN14O10. The van der Waals surface area contributed by atoms with E-state index in [2.05, 4.69) is 57.2 Å². The summed E-state index contributed by atoms with van der Waals surface area (Å²) >= 11 is 0. The van der Waals surface area contributed by atoms with Crippen molar-refractivity contribution in [3.63, 3.8) is 0 Å². The number of rotatable bonds is 28. The maximum atomic E-state index is 15.0. The minimum absolute atomic E-state index is 0.0150. The summed E-state index contributed by atoms with van der Waals surface area (Å²) in [6.07, 6.45) is 4.28. The third-order valence-electron chi connectivity index (χ3n) is 15.2. The van der Waals surface area contributed by atoms with Crippen LogP contribution >= 0.6 is 0 Å².